The van der Waals surface area contributed by atoms with Crippen LogP contribution in [0.15, 0.2) is 6.07 Å². The van der Waals surface area contributed by atoms with E-state index in [1.54, 1.807) is 0 Å². The first-order valence-electron chi connectivity index (χ1n) is 5.02. The summed E-state index contributed by atoms with van der Waals surface area (Å²) in [5.74, 6) is 0.725. The summed E-state index contributed by atoms with van der Waals surface area (Å²) >= 11 is 4.02. The molecule has 5 heteroatoms. The number of nitrogens with one attached hydrogen (secondary N) is 1. The van der Waals surface area contributed by atoms with Gasteiger partial charge < -0.3 is 5.32 Å². The van der Waals surface area contributed by atoms with Gasteiger partial charge >= 0.3 is 0 Å². The zero-order valence-electron chi connectivity index (χ0n) is 9.16. The van der Waals surface area contributed by atoms with Crippen molar-refractivity contribution in [3.8, 4) is 0 Å². The quantitative estimate of drug-likeness (QED) is 0.735. The SMILES string of the molecule is Cc1cc(C)n(CCC(=O)NCCS)n1. The van der Waals surface area contributed by atoms with Crippen molar-refractivity contribution < 1.29 is 4.79 Å². The van der Waals surface area contributed by atoms with Gasteiger partial charge in [0.25, 0.3) is 0 Å². The minimum absolute atomic E-state index is 0.0524. The Kier molecular flexibility index (Phi) is 4.68. The molecular formula is C10H17N3OS. The van der Waals surface area contributed by atoms with Crippen molar-refractivity contribution in [1.29, 1.82) is 0 Å². The van der Waals surface area contributed by atoms with Gasteiger partial charge in [-0.15, -0.1) is 0 Å². The number of aryl methyl sites for hydroxylation is 3. The summed E-state index contributed by atoms with van der Waals surface area (Å²) in [5, 5.41) is 7.06. The van der Waals surface area contributed by atoms with Crippen LogP contribution in [0.25, 0.3) is 0 Å². The molecule has 15 heavy (non-hydrogen) atoms. The molecule has 1 rings (SSSR count). The van der Waals surface area contributed by atoms with Crippen LogP contribution in [0, 0.1) is 13.8 Å². The lowest BCUT2D eigenvalue weighted by molar-refractivity contribution is -0.121. The number of aromatic nitrogens is 2. The Morgan fingerprint density at radius 2 is 2.33 bits per heavy atom. The van der Waals surface area contributed by atoms with Gasteiger partial charge in [0.1, 0.15) is 0 Å². The maximum absolute atomic E-state index is 11.3. The maximum Gasteiger partial charge on any atom is 0.221 e. The van der Waals surface area contributed by atoms with Gasteiger partial charge in [-0.3, -0.25) is 9.48 Å². The lowest BCUT2D eigenvalue weighted by Crippen LogP contribution is -2.26. The summed E-state index contributed by atoms with van der Waals surface area (Å²) in [6, 6.07) is 2.01. The second kappa shape index (κ2) is 5.80. The third kappa shape index (κ3) is 3.95. The van der Waals surface area contributed by atoms with Crippen LogP contribution in [-0.2, 0) is 11.3 Å². The molecule has 0 aliphatic carbocycles. The molecule has 0 aliphatic rings. The Morgan fingerprint density at radius 1 is 1.60 bits per heavy atom. The largest absolute Gasteiger partial charge is 0.355 e. The Hall–Kier alpha value is -0.970. The predicted octanol–water partition coefficient (Wildman–Crippen LogP) is 0.936. The van der Waals surface area contributed by atoms with Crippen molar-refractivity contribution in [2.45, 2.75) is 26.8 Å². The van der Waals surface area contributed by atoms with Crippen LogP contribution in [0.3, 0.4) is 0 Å². The van der Waals surface area contributed by atoms with Crippen molar-refractivity contribution in [3.05, 3.63) is 17.5 Å². The molecule has 1 aromatic rings. The number of amides is 1. The number of nitrogens with zero attached hydrogens (tertiary/aromatic N) is 2. The van der Waals surface area contributed by atoms with Gasteiger partial charge in [0.15, 0.2) is 0 Å². The normalized spacial score (nSPS) is 10.3. The van der Waals surface area contributed by atoms with E-state index in [9.17, 15) is 4.79 Å². The Morgan fingerprint density at radius 3 is 2.87 bits per heavy atom. The highest BCUT2D eigenvalue weighted by atomic mass is 32.1. The molecule has 0 radical (unpaired) electrons. The standard InChI is InChI=1S/C10H17N3OS/c1-8-7-9(2)13(12-8)5-3-10(14)11-4-6-15/h7,15H,3-6H2,1-2H3,(H,11,14). The lowest BCUT2D eigenvalue weighted by Gasteiger charge is -2.05. The van der Waals surface area contributed by atoms with E-state index >= 15 is 0 Å². The second-order valence-corrected chi connectivity index (χ2v) is 3.92. The highest BCUT2D eigenvalue weighted by Gasteiger charge is 2.04. The van der Waals surface area contributed by atoms with E-state index in [0.717, 1.165) is 11.4 Å². The highest BCUT2D eigenvalue weighted by Crippen LogP contribution is 2.02. The van der Waals surface area contributed by atoms with Crippen molar-refractivity contribution >= 4 is 18.5 Å². The van der Waals surface area contributed by atoms with Crippen LogP contribution < -0.4 is 5.32 Å². The number of hydrogen-bond donors (Lipinski definition) is 2. The van der Waals surface area contributed by atoms with Gasteiger partial charge in [0, 0.05) is 31.0 Å². The number of hydrogen-bond acceptors (Lipinski definition) is 3. The summed E-state index contributed by atoms with van der Waals surface area (Å²) in [6.45, 7) is 5.20. The van der Waals surface area contributed by atoms with Crippen LogP contribution in [-0.4, -0.2) is 28.0 Å². The van der Waals surface area contributed by atoms with E-state index in [-0.39, 0.29) is 5.91 Å². The molecule has 1 N–H and O–H groups in total. The van der Waals surface area contributed by atoms with Gasteiger partial charge in [-0.25, -0.2) is 0 Å². The molecule has 0 saturated heterocycles. The lowest BCUT2D eigenvalue weighted by atomic mass is 10.3. The molecule has 0 spiro atoms. The predicted molar refractivity (Wildman–Crippen MR) is 63.2 cm³/mol. The summed E-state index contributed by atoms with van der Waals surface area (Å²) in [5.41, 5.74) is 2.08. The monoisotopic (exact) mass is 227 g/mol. The summed E-state index contributed by atoms with van der Waals surface area (Å²) < 4.78 is 1.86. The first-order chi connectivity index (χ1) is 7.13. The van der Waals surface area contributed by atoms with E-state index in [1.807, 2.05) is 24.6 Å². The molecule has 1 amide bonds. The summed E-state index contributed by atoms with van der Waals surface area (Å²) in [7, 11) is 0. The van der Waals surface area contributed by atoms with Gasteiger partial charge in [-0.2, -0.15) is 17.7 Å². The van der Waals surface area contributed by atoms with E-state index in [4.69, 9.17) is 0 Å². The fourth-order valence-electron chi connectivity index (χ4n) is 1.39. The smallest absolute Gasteiger partial charge is 0.221 e. The number of rotatable bonds is 5. The number of carbonyl (C=O) groups is 1. The fourth-order valence-corrected chi connectivity index (χ4v) is 1.50. The second-order valence-electron chi connectivity index (χ2n) is 3.47. The third-order valence-corrected chi connectivity index (χ3v) is 2.31. The van der Waals surface area contributed by atoms with Crippen molar-refractivity contribution in [1.82, 2.24) is 15.1 Å². The van der Waals surface area contributed by atoms with Crippen LogP contribution in [0.2, 0.25) is 0 Å². The van der Waals surface area contributed by atoms with Gasteiger partial charge in [0.2, 0.25) is 5.91 Å². The summed E-state index contributed by atoms with van der Waals surface area (Å²) in [4.78, 5) is 11.3. The number of carbonyl (C=O) groups excluding carboxylic acids is 1. The molecule has 0 fully saturated rings. The number of thiol groups is 1. The Bertz CT molecular complexity index is 335. The molecule has 0 aliphatic heterocycles. The van der Waals surface area contributed by atoms with Crippen molar-refractivity contribution in [2.75, 3.05) is 12.3 Å². The van der Waals surface area contributed by atoms with Crippen molar-refractivity contribution in [2.24, 2.45) is 0 Å². The Labute approximate surface area is 95.5 Å². The molecule has 84 valence electrons. The van der Waals surface area contributed by atoms with Gasteiger partial charge in [-0.05, 0) is 19.9 Å². The average molecular weight is 227 g/mol. The molecule has 1 aromatic heterocycles. The van der Waals surface area contributed by atoms with Crippen molar-refractivity contribution in [3.63, 3.8) is 0 Å². The molecule has 0 saturated carbocycles. The average Bonchev–Trinajstić information content (AvgIpc) is 2.51. The van der Waals surface area contributed by atoms with Gasteiger partial charge in [-0.1, -0.05) is 0 Å². The Balaban J connectivity index is 2.36. The topological polar surface area (TPSA) is 46.9 Å². The molecule has 0 bridgehead atoms. The van der Waals surface area contributed by atoms with Gasteiger partial charge in [0.05, 0.1) is 5.69 Å². The van der Waals surface area contributed by atoms with Crippen LogP contribution in [0.4, 0.5) is 0 Å². The first kappa shape index (κ1) is 12.1. The molecule has 4 nitrogen and oxygen atoms in total. The molecular weight excluding hydrogens is 210 g/mol. The first-order valence-corrected chi connectivity index (χ1v) is 5.65. The van der Waals surface area contributed by atoms with Crippen LogP contribution in [0.1, 0.15) is 17.8 Å². The highest BCUT2D eigenvalue weighted by molar-refractivity contribution is 7.80. The molecule has 1 heterocycles. The zero-order chi connectivity index (χ0) is 11.3. The summed E-state index contributed by atoms with van der Waals surface area (Å²) in [6.07, 6.45) is 0.468. The molecule has 0 atom stereocenters. The minimum atomic E-state index is 0.0524. The van der Waals surface area contributed by atoms with Crippen LogP contribution in [0.5, 0.6) is 0 Å². The maximum atomic E-state index is 11.3. The molecule has 0 aromatic carbocycles. The third-order valence-electron chi connectivity index (χ3n) is 2.09. The van der Waals surface area contributed by atoms with Crippen LogP contribution >= 0.6 is 12.6 Å². The fraction of sp³-hybridized carbons (Fsp3) is 0.600. The molecule has 0 unspecified atom stereocenters. The van der Waals surface area contributed by atoms with E-state index in [1.165, 1.54) is 0 Å². The van der Waals surface area contributed by atoms with E-state index < -0.39 is 0 Å². The minimum Gasteiger partial charge on any atom is -0.355 e. The van der Waals surface area contributed by atoms with E-state index in [2.05, 4.69) is 23.0 Å². The van der Waals surface area contributed by atoms with E-state index in [0.29, 0.717) is 25.3 Å². The zero-order valence-corrected chi connectivity index (χ0v) is 10.1.